The normalized spacial score (nSPS) is 13.7. The van der Waals surface area contributed by atoms with Crippen LogP contribution in [0.1, 0.15) is 9.60 Å². The van der Waals surface area contributed by atoms with E-state index in [-0.39, 0.29) is 57.7 Å². The molecule has 0 fully saturated rings. The monoisotopic (exact) mass is 634 g/mol. The number of para-hydroxylation sites is 3. The summed E-state index contributed by atoms with van der Waals surface area (Å²) < 4.78 is 72.8. The molecule has 0 aliphatic heterocycles. The Morgan fingerprint density at radius 3 is 1.92 bits per heavy atom. The maximum Gasteiger partial charge on any atom is 0.159 e. The zero-order chi connectivity index (χ0) is 38.4. The van der Waals surface area contributed by atoms with Crippen LogP contribution in [-0.2, 0) is 0 Å². The van der Waals surface area contributed by atoms with Crippen molar-refractivity contribution in [3.05, 3.63) is 176 Å². The molecule has 0 spiro atoms. The zero-order valence-electron chi connectivity index (χ0n) is 33.0. The number of anilines is 3. The lowest BCUT2D eigenvalue weighted by Gasteiger charge is -2.26. The fourth-order valence-electron chi connectivity index (χ4n) is 6.86. The number of nitrogens with zero attached hydrogens (tertiary/aromatic N) is 1. The maximum absolute atomic E-state index is 8.96. The first-order valence-corrected chi connectivity index (χ1v) is 16.0. The molecule has 0 saturated carbocycles. The fourth-order valence-corrected chi connectivity index (χ4v) is 6.86. The van der Waals surface area contributed by atoms with E-state index in [9.17, 15) is 0 Å². The van der Waals surface area contributed by atoms with E-state index in [0.717, 1.165) is 60.9 Å². The highest BCUT2D eigenvalue weighted by Gasteiger charge is 2.21. The quantitative estimate of drug-likeness (QED) is 0.189. The predicted molar refractivity (Wildman–Crippen MR) is 204 cm³/mol. The molecular formula is C46H29NO2. The molecule has 0 N–H and O–H groups in total. The highest BCUT2D eigenvalue weighted by molar-refractivity contribution is 6.17. The molecule has 10 rings (SSSR count). The molecule has 2 heterocycles. The van der Waals surface area contributed by atoms with Crippen molar-refractivity contribution in [2.75, 3.05) is 4.90 Å². The summed E-state index contributed by atoms with van der Waals surface area (Å²) in [6.45, 7) is 0. The van der Waals surface area contributed by atoms with Crippen LogP contribution in [0, 0.1) is 0 Å². The van der Waals surface area contributed by atoms with Gasteiger partial charge in [-0.2, -0.15) is 0 Å². The Hall–Kier alpha value is -6.58. The Bertz CT molecular complexity index is 3210. The molecule has 0 atom stereocenters. The molecule has 3 heteroatoms. The third kappa shape index (κ3) is 4.44. The second-order valence-electron chi connectivity index (χ2n) is 12.0. The third-order valence-electron chi connectivity index (χ3n) is 9.19. The van der Waals surface area contributed by atoms with Crippen LogP contribution in [0.5, 0.6) is 0 Å². The van der Waals surface area contributed by atoms with Gasteiger partial charge in [-0.15, -0.1) is 0 Å². The SMILES string of the molecule is [2H]c1c([2H])c([2H])c2c(oc3c(-c4ccc(N(c5ccc(-c6ccccc6)cc5)c5cccc6c5oc5c7ccccc7ccc65)cc4)c([2H])c([2H])c([2H])c32)c1[2H]. The minimum absolute atomic E-state index is 0.0270. The molecule has 0 aliphatic carbocycles. The van der Waals surface area contributed by atoms with E-state index in [0.29, 0.717) is 5.56 Å². The molecule has 0 saturated heterocycles. The van der Waals surface area contributed by atoms with Gasteiger partial charge in [-0.05, 0) is 64.5 Å². The Morgan fingerprint density at radius 2 is 1.08 bits per heavy atom. The van der Waals surface area contributed by atoms with Crippen molar-refractivity contribution >= 4 is 71.7 Å². The second-order valence-corrected chi connectivity index (χ2v) is 12.0. The van der Waals surface area contributed by atoms with Crippen molar-refractivity contribution in [2.45, 2.75) is 0 Å². The summed E-state index contributed by atoms with van der Waals surface area (Å²) in [5, 5.41) is 4.21. The van der Waals surface area contributed by atoms with E-state index in [1.807, 2.05) is 66.7 Å². The van der Waals surface area contributed by atoms with Crippen LogP contribution < -0.4 is 4.90 Å². The van der Waals surface area contributed by atoms with Gasteiger partial charge in [0.25, 0.3) is 0 Å². The molecule has 10 aromatic rings. The summed E-state index contributed by atoms with van der Waals surface area (Å²) >= 11 is 0. The van der Waals surface area contributed by atoms with Crippen LogP contribution in [0.2, 0.25) is 0 Å². The summed E-state index contributed by atoms with van der Waals surface area (Å²) in [5.41, 5.74) is 6.90. The largest absolute Gasteiger partial charge is 0.455 e. The summed E-state index contributed by atoms with van der Waals surface area (Å²) in [5.74, 6) is 0. The maximum atomic E-state index is 8.96. The van der Waals surface area contributed by atoms with Crippen molar-refractivity contribution in [2.24, 2.45) is 0 Å². The van der Waals surface area contributed by atoms with E-state index < -0.39 is 12.1 Å². The topological polar surface area (TPSA) is 29.5 Å². The number of fused-ring (bicyclic) bond motifs is 8. The molecule has 0 aliphatic rings. The molecule has 0 bridgehead atoms. The van der Waals surface area contributed by atoms with Gasteiger partial charge in [0.2, 0.25) is 0 Å². The van der Waals surface area contributed by atoms with Gasteiger partial charge in [0.05, 0.1) is 15.3 Å². The van der Waals surface area contributed by atoms with Crippen molar-refractivity contribution < 1.29 is 18.4 Å². The number of benzene rings is 8. The van der Waals surface area contributed by atoms with Crippen LogP contribution in [0.25, 0.3) is 76.9 Å². The number of hydrogen-bond donors (Lipinski definition) is 0. The highest BCUT2D eigenvalue weighted by Crippen LogP contribution is 2.44. The van der Waals surface area contributed by atoms with Gasteiger partial charge in [-0.3, -0.25) is 0 Å². The Morgan fingerprint density at radius 1 is 0.408 bits per heavy atom. The summed E-state index contributed by atoms with van der Waals surface area (Å²) in [6, 6.07) is 41.9. The van der Waals surface area contributed by atoms with Crippen molar-refractivity contribution in [1.82, 2.24) is 0 Å². The zero-order valence-corrected chi connectivity index (χ0v) is 26.0. The molecule has 0 unspecified atom stereocenters. The van der Waals surface area contributed by atoms with E-state index in [4.69, 9.17) is 18.4 Å². The van der Waals surface area contributed by atoms with Gasteiger partial charge < -0.3 is 13.7 Å². The number of rotatable bonds is 5. The van der Waals surface area contributed by atoms with Crippen molar-refractivity contribution in [1.29, 1.82) is 0 Å². The Balaban J connectivity index is 1.18. The van der Waals surface area contributed by atoms with Gasteiger partial charge in [0, 0.05) is 43.9 Å². The third-order valence-corrected chi connectivity index (χ3v) is 9.19. The first kappa shape index (κ1) is 21.3. The van der Waals surface area contributed by atoms with Crippen LogP contribution in [-0.4, -0.2) is 0 Å². The van der Waals surface area contributed by atoms with Crippen LogP contribution in [0.3, 0.4) is 0 Å². The Kier molecular flexibility index (Phi) is 4.79. The van der Waals surface area contributed by atoms with E-state index in [1.54, 1.807) is 0 Å². The average Bonchev–Trinajstić information content (AvgIpc) is 3.83. The lowest BCUT2D eigenvalue weighted by molar-refractivity contribution is 0.670. The molecule has 49 heavy (non-hydrogen) atoms. The van der Waals surface area contributed by atoms with Gasteiger partial charge in [0.15, 0.2) is 5.58 Å². The van der Waals surface area contributed by atoms with Crippen LogP contribution in [0.4, 0.5) is 17.1 Å². The van der Waals surface area contributed by atoms with E-state index in [1.165, 1.54) is 0 Å². The molecule has 8 aromatic carbocycles. The molecule has 230 valence electrons. The molecule has 2 aromatic heterocycles. The molecule has 3 nitrogen and oxygen atoms in total. The highest BCUT2D eigenvalue weighted by atomic mass is 16.3. The van der Waals surface area contributed by atoms with Crippen LogP contribution >= 0.6 is 0 Å². The summed E-state index contributed by atoms with van der Waals surface area (Å²) in [7, 11) is 0. The molecule has 0 radical (unpaired) electrons. The van der Waals surface area contributed by atoms with Crippen molar-refractivity contribution in [3.8, 4) is 22.3 Å². The minimum atomic E-state index is -0.458. The van der Waals surface area contributed by atoms with Crippen molar-refractivity contribution in [3.63, 3.8) is 0 Å². The number of hydrogen-bond acceptors (Lipinski definition) is 3. The standard InChI is InChI=1S/C46H29NO2/c1-2-10-30(11-3-1)31-20-25-34(26-21-31)47(42-18-9-17-40-41-29-24-32-12-4-5-13-36(32)45(41)49-46(40)42)35-27-22-33(23-28-35)37-15-8-16-39-38-14-6-7-19-43(38)48-44(37)39/h1-29H/i6D,7D,8D,14D,15D,16D,19D. The van der Waals surface area contributed by atoms with Gasteiger partial charge >= 0.3 is 0 Å². The molecular weight excluding hydrogens is 599 g/mol. The fraction of sp³-hybridized carbons (Fsp3) is 0. The van der Waals surface area contributed by atoms with Gasteiger partial charge in [-0.1, -0.05) is 133 Å². The lowest BCUT2D eigenvalue weighted by Crippen LogP contribution is -2.10. The smallest absolute Gasteiger partial charge is 0.159 e. The van der Waals surface area contributed by atoms with Gasteiger partial charge in [-0.25, -0.2) is 0 Å². The van der Waals surface area contributed by atoms with Crippen LogP contribution in [0.15, 0.2) is 185 Å². The van der Waals surface area contributed by atoms with E-state index in [2.05, 4.69) is 71.6 Å². The average molecular weight is 635 g/mol. The van der Waals surface area contributed by atoms with Gasteiger partial charge in [0.1, 0.15) is 16.7 Å². The molecule has 0 amide bonds. The number of furan rings is 2. The lowest BCUT2D eigenvalue weighted by atomic mass is 10.0. The predicted octanol–water partition coefficient (Wildman–Crippen LogP) is 13.4. The summed E-state index contributed by atoms with van der Waals surface area (Å²) in [4.78, 5) is 2.12. The Labute approximate surface area is 292 Å². The first-order chi connectivity index (χ1) is 27.2. The summed E-state index contributed by atoms with van der Waals surface area (Å²) in [6.07, 6.45) is 0. The van der Waals surface area contributed by atoms with E-state index >= 15 is 0 Å². The second kappa shape index (κ2) is 11.0. The first-order valence-electron chi connectivity index (χ1n) is 19.5. The minimum Gasteiger partial charge on any atom is -0.455 e.